The summed E-state index contributed by atoms with van der Waals surface area (Å²) in [7, 11) is 0. The van der Waals surface area contributed by atoms with Gasteiger partial charge in [0.15, 0.2) is 0 Å². The molecule has 3 heteroatoms. The third kappa shape index (κ3) is 1.91. The molecule has 3 rings (SSSR count). The normalized spacial score (nSPS) is 30.9. The molecular weight excluding hydrogens is 250 g/mol. The summed E-state index contributed by atoms with van der Waals surface area (Å²) in [5, 5.41) is 13.0. The van der Waals surface area contributed by atoms with Gasteiger partial charge in [-0.2, -0.15) is 0 Å². The largest absolute Gasteiger partial charge is 0.478 e. The van der Waals surface area contributed by atoms with Gasteiger partial charge in [-0.25, -0.2) is 4.79 Å². The first-order valence-corrected chi connectivity index (χ1v) is 7.54. The zero-order valence-electron chi connectivity index (χ0n) is 12.4. The number of anilines is 1. The minimum atomic E-state index is -0.840. The van der Waals surface area contributed by atoms with Gasteiger partial charge in [-0.15, -0.1) is 0 Å². The topological polar surface area (TPSA) is 49.3 Å². The van der Waals surface area contributed by atoms with Crippen molar-refractivity contribution >= 4 is 11.7 Å². The van der Waals surface area contributed by atoms with Crippen molar-refractivity contribution in [1.82, 2.24) is 0 Å². The molecule has 1 saturated carbocycles. The maximum absolute atomic E-state index is 11.5. The third-order valence-electron chi connectivity index (χ3n) is 5.36. The molecule has 0 amide bonds. The molecule has 1 fully saturated rings. The van der Waals surface area contributed by atoms with E-state index in [9.17, 15) is 9.90 Å². The lowest BCUT2D eigenvalue weighted by Gasteiger charge is -2.50. The van der Waals surface area contributed by atoms with Crippen LogP contribution in [0.4, 0.5) is 5.69 Å². The van der Waals surface area contributed by atoms with Crippen molar-refractivity contribution in [3.8, 4) is 0 Å². The predicted molar refractivity (Wildman–Crippen MR) is 80.3 cm³/mol. The van der Waals surface area contributed by atoms with Crippen molar-refractivity contribution in [1.29, 1.82) is 0 Å². The zero-order chi connectivity index (χ0) is 14.5. The highest BCUT2D eigenvalue weighted by molar-refractivity contribution is 5.95. The van der Waals surface area contributed by atoms with Crippen LogP contribution in [0.5, 0.6) is 0 Å². The maximum atomic E-state index is 11.5. The van der Waals surface area contributed by atoms with Gasteiger partial charge in [-0.3, -0.25) is 0 Å². The number of aromatic carboxylic acids is 1. The number of carboxylic acids is 1. The molecule has 0 saturated heterocycles. The quantitative estimate of drug-likeness (QED) is 0.816. The van der Waals surface area contributed by atoms with Crippen molar-refractivity contribution < 1.29 is 9.90 Å². The molecule has 3 atom stereocenters. The Bertz CT molecular complexity index is 550. The van der Waals surface area contributed by atoms with E-state index in [-0.39, 0.29) is 5.41 Å². The number of para-hydroxylation sites is 1. The molecule has 1 aromatic carbocycles. The van der Waals surface area contributed by atoms with Gasteiger partial charge in [-0.1, -0.05) is 39.3 Å². The van der Waals surface area contributed by atoms with E-state index in [1.54, 1.807) is 6.07 Å². The molecular formula is C17H23NO2. The molecule has 1 heterocycles. The van der Waals surface area contributed by atoms with Crippen molar-refractivity contribution in [2.24, 2.45) is 11.8 Å². The van der Waals surface area contributed by atoms with Crippen LogP contribution in [-0.4, -0.2) is 17.1 Å². The summed E-state index contributed by atoms with van der Waals surface area (Å²) in [6.45, 7) is 6.83. The standard InChI is InChI=1S/C17H23NO2/c1-10-7-8-12-14(9-10)18-15-11(16(19)20)5-4-6-13(15)17(12,2)3/h4-6,10,12,14,18H,7-9H2,1-3H3,(H,19,20)/t10-,12-,14+/m1/s1. The highest BCUT2D eigenvalue weighted by Gasteiger charge is 2.45. The summed E-state index contributed by atoms with van der Waals surface area (Å²) < 4.78 is 0. The number of benzene rings is 1. The van der Waals surface area contributed by atoms with Crippen molar-refractivity contribution in [2.75, 3.05) is 5.32 Å². The molecule has 108 valence electrons. The number of rotatable bonds is 1. The number of hydrogen-bond acceptors (Lipinski definition) is 2. The molecule has 1 aliphatic heterocycles. The van der Waals surface area contributed by atoms with E-state index >= 15 is 0 Å². The molecule has 2 aliphatic rings. The summed E-state index contributed by atoms with van der Waals surface area (Å²) in [6, 6.07) is 6.07. The highest BCUT2D eigenvalue weighted by Crippen LogP contribution is 2.49. The van der Waals surface area contributed by atoms with Crippen LogP contribution in [0.1, 0.15) is 56.0 Å². The van der Waals surface area contributed by atoms with E-state index < -0.39 is 5.97 Å². The summed E-state index contributed by atoms with van der Waals surface area (Å²) in [6.07, 6.45) is 3.64. The van der Waals surface area contributed by atoms with E-state index in [0.29, 0.717) is 17.5 Å². The molecule has 3 nitrogen and oxygen atoms in total. The monoisotopic (exact) mass is 273 g/mol. The molecule has 1 aromatic rings. The fourth-order valence-electron chi connectivity index (χ4n) is 4.21. The minimum absolute atomic E-state index is 0.0385. The Morgan fingerprint density at radius 2 is 2.10 bits per heavy atom. The van der Waals surface area contributed by atoms with E-state index in [1.165, 1.54) is 12.8 Å². The van der Waals surface area contributed by atoms with Crippen LogP contribution < -0.4 is 5.32 Å². The second-order valence-electron chi connectivity index (χ2n) is 7.03. The second kappa shape index (κ2) is 4.51. The Kier molecular flexibility index (Phi) is 3.03. The average Bonchev–Trinajstić information content (AvgIpc) is 2.37. The van der Waals surface area contributed by atoms with Gasteiger partial charge in [0.2, 0.25) is 0 Å². The highest BCUT2D eigenvalue weighted by atomic mass is 16.4. The van der Waals surface area contributed by atoms with E-state index in [2.05, 4.69) is 32.2 Å². The van der Waals surface area contributed by atoms with Crippen LogP contribution in [0.15, 0.2) is 18.2 Å². The second-order valence-corrected chi connectivity index (χ2v) is 7.03. The number of carbonyl (C=O) groups is 1. The van der Waals surface area contributed by atoms with Gasteiger partial charge >= 0.3 is 5.97 Å². The number of carboxylic acid groups (broad SMARTS) is 1. The van der Waals surface area contributed by atoms with Crippen molar-refractivity contribution in [3.63, 3.8) is 0 Å². The first kappa shape index (κ1) is 13.5. The van der Waals surface area contributed by atoms with E-state index in [4.69, 9.17) is 0 Å². The third-order valence-corrected chi connectivity index (χ3v) is 5.36. The molecule has 1 aliphatic carbocycles. The average molecular weight is 273 g/mol. The first-order valence-electron chi connectivity index (χ1n) is 7.54. The van der Waals surface area contributed by atoms with Crippen LogP contribution in [0.25, 0.3) is 0 Å². The summed E-state index contributed by atoms with van der Waals surface area (Å²) >= 11 is 0. The van der Waals surface area contributed by atoms with Crippen LogP contribution in [0.2, 0.25) is 0 Å². The van der Waals surface area contributed by atoms with Gasteiger partial charge in [0, 0.05) is 6.04 Å². The molecule has 20 heavy (non-hydrogen) atoms. The molecule has 0 spiro atoms. The number of fused-ring (bicyclic) bond motifs is 2. The molecule has 0 unspecified atom stereocenters. The lowest BCUT2D eigenvalue weighted by atomic mass is 9.61. The summed E-state index contributed by atoms with van der Waals surface area (Å²) in [5.41, 5.74) is 2.46. The maximum Gasteiger partial charge on any atom is 0.337 e. The van der Waals surface area contributed by atoms with Crippen molar-refractivity contribution in [3.05, 3.63) is 29.3 Å². The fraction of sp³-hybridized carbons (Fsp3) is 0.588. The van der Waals surface area contributed by atoms with E-state index in [1.807, 2.05) is 6.07 Å². The number of hydrogen-bond donors (Lipinski definition) is 2. The molecule has 0 aromatic heterocycles. The first-order chi connectivity index (χ1) is 9.41. The Balaban J connectivity index is 2.11. The predicted octanol–water partition coefficient (Wildman–Crippen LogP) is 3.89. The number of nitrogens with one attached hydrogen (secondary N) is 1. The Hall–Kier alpha value is -1.51. The van der Waals surface area contributed by atoms with Gasteiger partial charge in [-0.05, 0) is 41.7 Å². The Morgan fingerprint density at radius 1 is 1.35 bits per heavy atom. The minimum Gasteiger partial charge on any atom is -0.478 e. The molecule has 0 bridgehead atoms. The lowest BCUT2D eigenvalue weighted by Crippen LogP contribution is -2.49. The van der Waals surface area contributed by atoms with Crippen molar-refractivity contribution in [2.45, 2.75) is 51.5 Å². The van der Waals surface area contributed by atoms with Gasteiger partial charge in [0.05, 0.1) is 11.3 Å². The molecule has 0 radical (unpaired) electrons. The zero-order valence-corrected chi connectivity index (χ0v) is 12.4. The van der Waals surface area contributed by atoms with Crippen LogP contribution in [-0.2, 0) is 5.41 Å². The lowest BCUT2D eigenvalue weighted by molar-refractivity contribution is 0.0697. The van der Waals surface area contributed by atoms with Gasteiger partial charge in [0.25, 0.3) is 0 Å². The summed E-state index contributed by atoms with van der Waals surface area (Å²) in [5.74, 6) is 0.473. The SMILES string of the molecule is C[C@@H]1CC[C@@H]2[C@H](C1)Nc1c(C(=O)O)cccc1C2(C)C. The van der Waals surface area contributed by atoms with Gasteiger partial charge in [0.1, 0.15) is 0 Å². The smallest absolute Gasteiger partial charge is 0.337 e. The van der Waals surface area contributed by atoms with E-state index in [0.717, 1.165) is 23.6 Å². The van der Waals surface area contributed by atoms with Crippen LogP contribution in [0.3, 0.4) is 0 Å². The van der Waals surface area contributed by atoms with Crippen LogP contribution in [0, 0.1) is 11.8 Å². The molecule has 2 N–H and O–H groups in total. The Labute approximate surface area is 120 Å². The fourth-order valence-corrected chi connectivity index (χ4v) is 4.21. The van der Waals surface area contributed by atoms with Crippen LogP contribution >= 0.6 is 0 Å². The summed E-state index contributed by atoms with van der Waals surface area (Å²) in [4.78, 5) is 11.5. The Morgan fingerprint density at radius 3 is 2.80 bits per heavy atom. The van der Waals surface area contributed by atoms with Gasteiger partial charge < -0.3 is 10.4 Å².